The van der Waals surface area contributed by atoms with Gasteiger partial charge in [-0.05, 0) is 41.5 Å². The van der Waals surface area contributed by atoms with Crippen LogP contribution < -0.4 is 26.0 Å². The molecule has 1 aliphatic heterocycles. The fourth-order valence-electron chi connectivity index (χ4n) is 4.29. The summed E-state index contributed by atoms with van der Waals surface area (Å²) in [5, 5.41) is 14.3. The first-order valence-corrected chi connectivity index (χ1v) is 11.6. The second kappa shape index (κ2) is 10.1. The van der Waals surface area contributed by atoms with E-state index in [9.17, 15) is 24.5 Å². The van der Waals surface area contributed by atoms with Gasteiger partial charge in [-0.3, -0.25) is 28.8 Å². The molecule has 2 heterocycles. The van der Waals surface area contributed by atoms with Crippen LogP contribution in [0, 0.1) is 10.1 Å². The van der Waals surface area contributed by atoms with Gasteiger partial charge >= 0.3 is 5.69 Å². The number of nitrogens with one attached hydrogen (secondary N) is 1. The van der Waals surface area contributed by atoms with Gasteiger partial charge in [-0.1, -0.05) is 24.3 Å². The summed E-state index contributed by atoms with van der Waals surface area (Å²) in [5.41, 5.74) is 0.512. The molecule has 0 aliphatic carbocycles. The van der Waals surface area contributed by atoms with Crippen molar-refractivity contribution in [1.82, 2.24) is 14.5 Å². The average Bonchev–Trinajstić information content (AvgIpc) is 3.40. The maximum atomic E-state index is 13.3. The predicted molar refractivity (Wildman–Crippen MR) is 139 cm³/mol. The van der Waals surface area contributed by atoms with Gasteiger partial charge in [-0.2, -0.15) is 0 Å². The summed E-state index contributed by atoms with van der Waals surface area (Å²) >= 11 is 0. The van der Waals surface area contributed by atoms with Crippen molar-refractivity contribution in [3.8, 4) is 11.5 Å². The van der Waals surface area contributed by atoms with Crippen molar-refractivity contribution in [2.24, 2.45) is 0 Å². The van der Waals surface area contributed by atoms with Crippen molar-refractivity contribution in [2.45, 2.75) is 19.6 Å². The molecule has 0 atom stereocenters. The number of hydrogen-bond acceptors (Lipinski definition) is 7. The molecule has 3 aromatic carbocycles. The lowest BCUT2D eigenvalue weighted by Gasteiger charge is -2.15. The van der Waals surface area contributed by atoms with Gasteiger partial charge < -0.3 is 14.8 Å². The lowest BCUT2D eigenvalue weighted by Crippen LogP contribution is -2.40. The number of carbonyl (C=O) groups excluding carboxylic acids is 1. The summed E-state index contributed by atoms with van der Waals surface area (Å²) in [6.07, 6.45) is 1.43. The molecule has 192 valence electrons. The van der Waals surface area contributed by atoms with Crippen molar-refractivity contribution < 1.29 is 19.2 Å². The van der Waals surface area contributed by atoms with Gasteiger partial charge in [0.15, 0.2) is 11.5 Å². The molecule has 1 amide bonds. The maximum Gasteiger partial charge on any atom is 0.332 e. The first kappa shape index (κ1) is 24.5. The zero-order chi connectivity index (χ0) is 26.8. The Balaban J connectivity index is 1.51. The van der Waals surface area contributed by atoms with Gasteiger partial charge in [0.2, 0.25) is 6.79 Å². The number of amides is 1. The highest BCUT2D eigenvalue weighted by Crippen LogP contribution is 2.32. The number of hydrogen-bond donors (Lipinski definition) is 1. The van der Waals surface area contributed by atoms with Gasteiger partial charge in [0, 0.05) is 30.8 Å². The van der Waals surface area contributed by atoms with Crippen LogP contribution in [0.1, 0.15) is 21.5 Å². The van der Waals surface area contributed by atoms with Crippen LogP contribution in [-0.4, -0.2) is 26.8 Å². The van der Waals surface area contributed by atoms with Crippen LogP contribution in [0.15, 0.2) is 82.9 Å². The van der Waals surface area contributed by atoms with E-state index in [2.05, 4.69) is 11.9 Å². The van der Waals surface area contributed by atoms with Gasteiger partial charge in [0.1, 0.15) is 0 Å². The number of non-ortho nitro benzene ring substituents is 1. The SMILES string of the molecule is C=CCn1c(=O)c2ccc(C(=O)NCc3ccc4c(c3)OCO4)cc2n(Cc2cccc([N+](=O)[O-])c2)c1=O. The number of rotatable bonds is 8. The van der Waals surface area contributed by atoms with E-state index in [0.29, 0.717) is 17.1 Å². The van der Waals surface area contributed by atoms with Crippen LogP contribution in [0.5, 0.6) is 11.5 Å². The minimum atomic E-state index is -0.619. The standard InChI is InChI=1S/C27H22N4O7/c1-2-10-29-26(33)21-8-7-19(25(32)28-14-17-6-9-23-24(12-17)38-16-37-23)13-22(21)30(27(29)34)15-18-4-3-5-20(11-18)31(35)36/h2-9,11-13H,1,10,14-16H2,(H,28,32). The molecular formula is C27H22N4O7. The third-order valence-corrected chi connectivity index (χ3v) is 6.15. The second-order valence-corrected chi connectivity index (χ2v) is 8.60. The third kappa shape index (κ3) is 4.64. The van der Waals surface area contributed by atoms with Crippen LogP contribution in [0.3, 0.4) is 0 Å². The number of nitrogens with zero attached hydrogens (tertiary/aromatic N) is 3. The lowest BCUT2D eigenvalue weighted by molar-refractivity contribution is -0.384. The van der Waals surface area contributed by atoms with E-state index >= 15 is 0 Å². The second-order valence-electron chi connectivity index (χ2n) is 8.60. The fraction of sp³-hybridized carbons (Fsp3) is 0.148. The van der Waals surface area contributed by atoms with E-state index in [-0.39, 0.29) is 48.6 Å². The summed E-state index contributed by atoms with van der Waals surface area (Å²) in [5.74, 6) is 0.830. The molecule has 0 unspecified atom stereocenters. The number of allylic oxidation sites excluding steroid dienone is 1. The molecule has 5 rings (SSSR count). The number of benzene rings is 3. The average molecular weight is 514 g/mol. The molecule has 38 heavy (non-hydrogen) atoms. The van der Waals surface area contributed by atoms with Crippen LogP contribution >= 0.6 is 0 Å². The Morgan fingerprint density at radius 3 is 2.63 bits per heavy atom. The molecule has 1 aliphatic rings. The molecule has 0 spiro atoms. The Morgan fingerprint density at radius 1 is 1.03 bits per heavy atom. The van der Waals surface area contributed by atoms with Crippen molar-refractivity contribution in [1.29, 1.82) is 0 Å². The Labute approximate surface area is 215 Å². The van der Waals surface area contributed by atoms with Crippen molar-refractivity contribution in [3.05, 3.63) is 121 Å². The zero-order valence-corrected chi connectivity index (χ0v) is 20.1. The molecule has 0 bridgehead atoms. The quantitative estimate of drug-likeness (QED) is 0.217. The van der Waals surface area contributed by atoms with E-state index in [4.69, 9.17) is 9.47 Å². The molecule has 0 radical (unpaired) electrons. The Morgan fingerprint density at radius 2 is 1.84 bits per heavy atom. The number of nitro groups is 1. The number of fused-ring (bicyclic) bond motifs is 2. The molecule has 0 saturated heterocycles. The molecular weight excluding hydrogens is 492 g/mol. The van der Waals surface area contributed by atoms with E-state index < -0.39 is 22.1 Å². The Bertz CT molecular complexity index is 1720. The minimum Gasteiger partial charge on any atom is -0.454 e. The van der Waals surface area contributed by atoms with E-state index in [1.54, 1.807) is 18.2 Å². The molecule has 1 aromatic heterocycles. The highest BCUT2D eigenvalue weighted by Gasteiger charge is 2.17. The lowest BCUT2D eigenvalue weighted by atomic mass is 10.1. The monoisotopic (exact) mass is 514 g/mol. The van der Waals surface area contributed by atoms with Crippen LogP contribution in [0.2, 0.25) is 0 Å². The van der Waals surface area contributed by atoms with Gasteiger partial charge in [-0.15, -0.1) is 6.58 Å². The number of carbonyl (C=O) groups is 1. The summed E-state index contributed by atoms with van der Waals surface area (Å²) in [7, 11) is 0. The maximum absolute atomic E-state index is 13.3. The molecule has 4 aromatic rings. The van der Waals surface area contributed by atoms with Crippen LogP contribution in [0.25, 0.3) is 10.9 Å². The summed E-state index contributed by atoms with van der Waals surface area (Å²) in [6, 6.07) is 15.7. The van der Waals surface area contributed by atoms with Gasteiger partial charge in [0.05, 0.1) is 22.4 Å². The number of ether oxygens (including phenoxy) is 2. The Hall–Kier alpha value is -5.19. The first-order chi connectivity index (χ1) is 18.4. The van der Waals surface area contributed by atoms with E-state index in [1.165, 1.54) is 47.0 Å². The van der Waals surface area contributed by atoms with E-state index in [1.807, 2.05) is 6.07 Å². The first-order valence-electron chi connectivity index (χ1n) is 11.6. The smallest absolute Gasteiger partial charge is 0.332 e. The van der Waals surface area contributed by atoms with Crippen molar-refractivity contribution in [2.75, 3.05) is 6.79 Å². The zero-order valence-electron chi connectivity index (χ0n) is 20.1. The molecule has 0 saturated carbocycles. The molecule has 0 fully saturated rings. The topological polar surface area (TPSA) is 135 Å². The highest BCUT2D eigenvalue weighted by atomic mass is 16.7. The van der Waals surface area contributed by atoms with Crippen molar-refractivity contribution in [3.63, 3.8) is 0 Å². The molecule has 11 heteroatoms. The highest BCUT2D eigenvalue weighted by molar-refractivity contribution is 5.97. The summed E-state index contributed by atoms with van der Waals surface area (Å²) < 4.78 is 13.0. The third-order valence-electron chi connectivity index (χ3n) is 6.15. The van der Waals surface area contributed by atoms with Gasteiger partial charge in [0.25, 0.3) is 17.2 Å². The molecule has 11 nitrogen and oxygen atoms in total. The fourth-order valence-corrected chi connectivity index (χ4v) is 4.29. The Kier molecular flexibility index (Phi) is 6.48. The largest absolute Gasteiger partial charge is 0.454 e. The van der Waals surface area contributed by atoms with Crippen LogP contribution in [-0.2, 0) is 19.6 Å². The molecule has 1 N–H and O–H groups in total. The van der Waals surface area contributed by atoms with Crippen molar-refractivity contribution >= 4 is 22.5 Å². The van der Waals surface area contributed by atoms with Crippen LogP contribution in [0.4, 0.5) is 5.69 Å². The number of nitro benzene ring substituents is 1. The minimum absolute atomic E-state index is 0.0136. The normalized spacial score (nSPS) is 11.9. The predicted octanol–water partition coefficient (Wildman–Crippen LogP) is 2.96. The van der Waals surface area contributed by atoms with Gasteiger partial charge in [-0.25, -0.2) is 4.79 Å². The summed E-state index contributed by atoms with van der Waals surface area (Å²) in [4.78, 5) is 50.1. The van der Waals surface area contributed by atoms with E-state index in [0.717, 1.165) is 10.1 Å². The summed E-state index contributed by atoms with van der Waals surface area (Å²) in [6.45, 7) is 3.92. The number of aromatic nitrogens is 2.